The zero-order chi connectivity index (χ0) is 11.5. The molecule has 1 N–H and O–H groups in total. The lowest BCUT2D eigenvalue weighted by atomic mass is 10.1. The molecule has 1 aliphatic heterocycles. The second-order valence-electron chi connectivity index (χ2n) is 3.41. The van der Waals surface area contributed by atoms with Gasteiger partial charge >= 0.3 is 0 Å². The van der Waals surface area contributed by atoms with Crippen molar-refractivity contribution in [2.45, 2.75) is 13.5 Å². The molecule has 0 bridgehead atoms. The van der Waals surface area contributed by atoms with Crippen LogP contribution in [0, 0.1) is 0 Å². The lowest BCUT2D eigenvalue weighted by Crippen LogP contribution is -2.15. The number of carbonyl (C=O) groups is 2. The van der Waals surface area contributed by atoms with Gasteiger partial charge in [0.15, 0.2) is 13.1 Å². The van der Waals surface area contributed by atoms with Crippen LogP contribution in [0.5, 0.6) is 5.75 Å². The van der Waals surface area contributed by atoms with Crippen LogP contribution in [-0.4, -0.2) is 19.0 Å². The van der Waals surface area contributed by atoms with Gasteiger partial charge in [0, 0.05) is 18.1 Å². The molecule has 2 rings (SSSR count). The molecule has 0 fully saturated rings. The smallest absolute Gasteiger partial charge is 0.221 e. The number of hydrogen-bond acceptors (Lipinski definition) is 4. The van der Waals surface area contributed by atoms with E-state index in [4.69, 9.17) is 9.47 Å². The molecule has 0 spiro atoms. The normalized spacial score (nSPS) is 13.6. The predicted octanol–water partition coefficient (Wildman–Crippen LogP) is 1.32. The molecule has 0 saturated heterocycles. The SMILES string of the molecule is CC(=O)Nc1ccc2c(c1C=O)COCO2. The van der Waals surface area contributed by atoms with Gasteiger partial charge in [0.25, 0.3) is 0 Å². The Balaban J connectivity index is 2.47. The summed E-state index contributed by atoms with van der Waals surface area (Å²) in [6.45, 7) is 1.89. The summed E-state index contributed by atoms with van der Waals surface area (Å²) in [5.41, 5.74) is 1.57. The first kappa shape index (κ1) is 10.6. The molecule has 0 radical (unpaired) electrons. The highest BCUT2D eigenvalue weighted by Gasteiger charge is 2.18. The average molecular weight is 221 g/mol. The van der Waals surface area contributed by atoms with Crippen molar-refractivity contribution in [2.75, 3.05) is 12.1 Å². The maximum absolute atomic E-state index is 11.0. The largest absolute Gasteiger partial charge is 0.467 e. The minimum Gasteiger partial charge on any atom is -0.467 e. The van der Waals surface area contributed by atoms with Crippen LogP contribution in [0.4, 0.5) is 5.69 Å². The molecule has 1 amide bonds. The Hall–Kier alpha value is -1.88. The molecule has 1 aromatic rings. The molecule has 0 unspecified atom stereocenters. The van der Waals surface area contributed by atoms with Crippen molar-refractivity contribution in [1.82, 2.24) is 0 Å². The van der Waals surface area contributed by atoms with Crippen LogP contribution < -0.4 is 10.1 Å². The zero-order valence-electron chi connectivity index (χ0n) is 8.78. The first-order valence-corrected chi connectivity index (χ1v) is 4.81. The van der Waals surface area contributed by atoms with Crippen molar-refractivity contribution in [1.29, 1.82) is 0 Å². The Labute approximate surface area is 92.4 Å². The van der Waals surface area contributed by atoms with Gasteiger partial charge in [-0.05, 0) is 12.1 Å². The molecule has 5 heteroatoms. The number of benzene rings is 1. The van der Waals surface area contributed by atoms with E-state index >= 15 is 0 Å². The number of rotatable bonds is 2. The molecular weight excluding hydrogens is 210 g/mol. The molecule has 5 nitrogen and oxygen atoms in total. The number of nitrogens with one attached hydrogen (secondary N) is 1. The summed E-state index contributed by atoms with van der Waals surface area (Å²) in [5.74, 6) is 0.406. The van der Waals surface area contributed by atoms with Gasteiger partial charge in [0.1, 0.15) is 5.75 Å². The van der Waals surface area contributed by atoms with Gasteiger partial charge in [0.05, 0.1) is 12.3 Å². The summed E-state index contributed by atoms with van der Waals surface area (Å²) < 4.78 is 10.3. The fourth-order valence-corrected chi connectivity index (χ4v) is 1.61. The maximum atomic E-state index is 11.0. The number of hydrogen-bond donors (Lipinski definition) is 1. The van der Waals surface area contributed by atoms with Crippen molar-refractivity contribution in [3.63, 3.8) is 0 Å². The van der Waals surface area contributed by atoms with Crippen molar-refractivity contribution < 1.29 is 19.1 Å². The zero-order valence-corrected chi connectivity index (χ0v) is 8.78. The Bertz CT molecular complexity index is 442. The van der Waals surface area contributed by atoms with E-state index in [-0.39, 0.29) is 12.7 Å². The first-order chi connectivity index (χ1) is 7.72. The second-order valence-corrected chi connectivity index (χ2v) is 3.41. The fraction of sp³-hybridized carbons (Fsp3) is 0.273. The quantitative estimate of drug-likeness (QED) is 0.765. The number of amides is 1. The van der Waals surface area contributed by atoms with Gasteiger partial charge in [-0.1, -0.05) is 0 Å². The highest BCUT2D eigenvalue weighted by molar-refractivity contribution is 5.96. The predicted molar refractivity (Wildman–Crippen MR) is 56.4 cm³/mol. The molecule has 1 aliphatic rings. The fourth-order valence-electron chi connectivity index (χ4n) is 1.61. The summed E-state index contributed by atoms with van der Waals surface area (Å²) in [6, 6.07) is 3.37. The third kappa shape index (κ3) is 1.90. The molecule has 0 aliphatic carbocycles. The van der Waals surface area contributed by atoms with E-state index in [1.807, 2.05) is 0 Å². The Morgan fingerprint density at radius 2 is 2.31 bits per heavy atom. The topological polar surface area (TPSA) is 64.6 Å². The van der Waals surface area contributed by atoms with Crippen LogP contribution in [0.15, 0.2) is 12.1 Å². The van der Waals surface area contributed by atoms with E-state index in [1.54, 1.807) is 12.1 Å². The van der Waals surface area contributed by atoms with Crippen LogP contribution in [0.2, 0.25) is 0 Å². The van der Waals surface area contributed by atoms with Crippen LogP contribution in [-0.2, 0) is 16.1 Å². The van der Waals surface area contributed by atoms with Gasteiger partial charge in [-0.3, -0.25) is 9.59 Å². The number of carbonyl (C=O) groups excluding carboxylic acids is 2. The minimum absolute atomic E-state index is 0.185. The van der Waals surface area contributed by atoms with E-state index in [0.29, 0.717) is 35.5 Å². The molecular formula is C11H11NO4. The van der Waals surface area contributed by atoms with Gasteiger partial charge in [0.2, 0.25) is 5.91 Å². The average Bonchev–Trinajstić information content (AvgIpc) is 2.28. The molecule has 16 heavy (non-hydrogen) atoms. The van der Waals surface area contributed by atoms with Crippen molar-refractivity contribution in [2.24, 2.45) is 0 Å². The lowest BCUT2D eigenvalue weighted by Gasteiger charge is -2.20. The summed E-state index contributed by atoms with van der Waals surface area (Å²) in [6.07, 6.45) is 0.697. The number of aldehydes is 1. The van der Waals surface area contributed by atoms with Gasteiger partial charge in [-0.25, -0.2) is 0 Å². The summed E-state index contributed by atoms with van der Waals surface area (Å²) >= 11 is 0. The monoisotopic (exact) mass is 221 g/mol. The molecule has 1 aromatic carbocycles. The standard InChI is InChI=1S/C11H11NO4/c1-7(14)12-10-2-3-11-9(8(10)4-13)5-15-6-16-11/h2-4H,5-6H2,1H3,(H,12,14). The van der Waals surface area contributed by atoms with Crippen LogP contribution in [0.3, 0.4) is 0 Å². The first-order valence-electron chi connectivity index (χ1n) is 4.81. The highest BCUT2D eigenvalue weighted by atomic mass is 16.7. The van der Waals surface area contributed by atoms with Crippen molar-refractivity contribution in [3.8, 4) is 5.75 Å². The molecule has 0 saturated carbocycles. The van der Waals surface area contributed by atoms with Gasteiger partial charge in [-0.2, -0.15) is 0 Å². The van der Waals surface area contributed by atoms with E-state index in [2.05, 4.69) is 5.32 Å². The summed E-state index contributed by atoms with van der Waals surface area (Å²) in [7, 11) is 0. The van der Waals surface area contributed by atoms with Crippen LogP contribution in [0.25, 0.3) is 0 Å². The van der Waals surface area contributed by atoms with E-state index in [1.165, 1.54) is 6.92 Å². The Morgan fingerprint density at radius 3 is 3.00 bits per heavy atom. The molecule has 1 heterocycles. The van der Waals surface area contributed by atoms with Gasteiger partial charge in [-0.15, -0.1) is 0 Å². The number of anilines is 1. The van der Waals surface area contributed by atoms with E-state index in [9.17, 15) is 9.59 Å². The van der Waals surface area contributed by atoms with Crippen LogP contribution in [0.1, 0.15) is 22.8 Å². The Morgan fingerprint density at radius 1 is 1.50 bits per heavy atom. The van der Waals surface area contributed by atoms with E-state index in [0.717, 1.165) is 0 Å². The molecule has 0 atom stereocenters. The lowest BCUT2D eigenvalue weighted by molar-refractivity contribution is -0.114. The highest BCUT2D eigenvalue weighted by Crippen LogP contribution is 2.30. The van der Waals surface area contributed by atoms with Crippen molar-refractivity contribution >= 4 is 17.9 Å². The third-order valence-electron chi connectivity index (χ3n) is 2.29. The maximum Gasteiger partial charge on any atom is 0.221 e. The Kier molecular flexibility index (Phi) is 2.87. The van der Waals surface area contributed by atoms with Crippen molar-refractivity contribution in [3.05, 3.63) is 23.3 Å². The summed E-state index contributed by atoms with van der Waals surface area (Å²) in [4.78, 5) is 22.0. The third-order valence-corrected chi connectivity index (χ3v) is 2.29. The number of fused-ring (bicyclic) bond motifs is 1. The van der Waals surface area contributed by atoms with E-state index < -0.39 is 0 Å². The second kappa shape index (κ2) is 4.32. The van der Waals surface area contributed by atoms with Gasteiger partial charge < -0.3 is 14.8 Å². The molecule has 0 aromatic heterocycles. The van der Waals surface area contributed by atoms with Crippen LogP contribution >= 0.6 is 0 Å². The number of ether oxygens (including phenoxy) is 2. The minimum atomic E-state index is -0.222. The summed E-state index contributed by atoms with van der Waals surface area (Å²) in [5, 5.41) is 2.59. The molecule has 84 valence electrons.